The molecular weight excluding hydrogens is 246 g/mol. The lowest BCUT2D eigenvalue weighted by Crippen LogP contribution is -2.35. The highest BCUT2D eigenvalue weighted by Crippen LogP contribution is 2.00. The van der Waals surface area contributed by atoms with Gasteiger partial charge in [-0.05, 0) is 26.7 Å². The molecule has 102 valence electrons. The summed E-state index contributed by atoms with van der Waals surface area (Å²) >= 11 is 0. The van der Waals surface area contributed by atoms with Crippen molar-refractivity contribution in [1.82, 2.24) is 4.72 Å². The minimum Gasteiger partial charge on any atom is -0.466 e. The topological polar surface area (TPSA) is 92.7 Å². The van der Waals surface area contributed by atoms with Crippen LogP contribution in [0.2, 0.25) is 0 Å². The highest BCUT2D eigenvalue weighted by molar-refractivity contribution is 7.89. The number of esters is 1. The van der Waals surface area contributed by atoms with E-state index in [1.165, 1.54) is 0 Å². The van der Waals surface area contributed by atoms with Gasteiger partial charge in [0.05, 0.1) is 18.8 Å². The van der Waals surface area contributed by atoms with Crippen molar-refractivity contribution in [2.75, 3.05) is 19.0 Å². The van der Waals surface area contributed by atoms with Gasteiger partial charge in [0, 0.05) is 12.6 Å². The van der Waals surface area contributed by atoms with Gasteiger partial charge in [0.1, 0.15) is 0 Å². The van der Waals surface area contributed by atoms with Gasteiger partial charge in [0.25, 0.3) is 0 Å². The van der Waals surface area contributed by atoms with Crippen LogP contribution in [-0.4, -0.2) is 44.5 Å². The van der Waals surface area contributed by atoms with Crippen molar-refractivity contribution >= 4 is 16.0 Å². The average molecular weight is 267 g/mol. The van der Waals surface area contributed by atoms with Crippen LogP contribution in [-0.2, 0) is 19.6 Å². The van der Waals surface area contributed by atoms with E-state index >= 15 is 0 Å². The Morgan fingerprint density at radius 2 is 2.12 bits per heavy atom. The first kappa shape index (κ1) is 16.3. The average Bonchev–Trinajstić information content (AvgIpc) is 2.24. The molecule has 1 unspecified atom stereocenters. The molecule has 0 saturated heterocycles. The number of hydrogen-bond donors (Lipinski definition) is 2. The van der Waals surface area contributed by atoms with Crippen LogP contribution in [0.3, 0.4) is 0 Å². The van der Waals surface area contributed by atoms with Crippen LogP contribution in [0, 0.1) is 0 Å². The molecule has 0 spiro atoms. The van der Waals surface area contributed by atoms with E-state index in [9.17, 15) is 13.2 Å². The van der Waals surface area contributed by atoms with Crippen molar-refractivity contribution in [1.29, 1.82) is 0 Å². The zero-order chi connectivity index (χ0) is 13.3. The largest absolute Gasteiger partial charge is 0.466 e. The molecule has 0 radical (unpaired) electrons. The van der Waals surface area contributed by atoms with Crippen molar-refractivity contribution < 1.29 is 23.1 Å². The van der Waals surface area contributed by atoms with Crippen LogP contribution >= 0.6 is 0 Å². The Bertz CT molecular complexity index is 315. The van der Waals surface area contributed by atoms with Gasteiger partial charge in [-0.15, -0.1) is 0 Å². The molecule has 0 fully saturated rings. The maximum absolute atomic E-state index is 11.5. The molecule has 0 aliphatic heterocycles. The lowest BCUT2D eigenvalue weighted by Gasteiger charge is -2.13. The van der Waals surface area contributed by atoms with E-state index < -0.39 is 16.0 Å². The fourth-order valence-corrected chi connectivity index (χ4v) is 2.56. The normalized spacial score (nSPS) is 13.4. The van der Waals surface area contributed by atoms with Gasteiger partial charge in [-0.3, -0.25) is 4.79 Å². The Hall–Kier alpha value is -0.660. The van der Waals surface area contributed by atoms with Gasteiger partial charge in [-0.1, -0.05) is 0 Å². The minimum atomic E-state index is -3.46. The smallest absolute Gasteiger partial charge is 0.306 e. The SMILES string of the molecule is CCOC(=O)CCS(=O)(=O)NC(C)CCCO. The van der Waals surface area contributed by atoms with Gasteiger partial charge >= 0.3 is 5.97 Å². The molecular formula is C10H21NO5S. The van der Waals surface area contributed by atoms with Crippen LogP contribution in [0.15, 0.2) is 0 Å². The number of carbonyl (C=O) groups is 1. The third kappa shape index (κ3) is 9.08. The van der Waals surface area contributed by atoms with Gasteiger partial charge in [0.2, 0.25) is 10.0 Å². The first-order valence-corrected chi connectivity index (χ1v) is 7.33. The van der Waals surface area contributed by atoms with Gasteiger partial charge < -0.3 is 9.84 Å². The van der Waals surface area contributed by atoms with E-state index in [2.05, 4.69) is 9.46 Å². The molecule has 2 N–H and O–H groups in total. The molecule has 0 amide bonds. The van der Waals surface area contributed by atoms with Crippen LogP contribution < -0.4 is 4.72 Å². The predicted molar refractivity (Wildman–Crippen MR) is 64.0 cm³/mol. The van der Waals surface area contributed by atoms with Crippen molar-refractivity contribution in [3.8, 4) is 0 Å². The second kappa shape index (κ2) is 8.43. The molecule has 0 saturated carbocycles. The summed E-state index contributed by atoms with van der Waals surface area (Å²) < 4.78 is 30.1. The summed E-state index contributed by atoms with van der Waals surface area (Å²) in [5, 5.41) is 8.61. The molecule has 0 aromatic heterocycles. The molecule has 0 aromatic carbocycles. The van der Waals surface area contributed by atoms with Crippen molar-refractivity contribution in [3.63, 3.8) is 0 Å². The van der Waals surface area contributed by atoms with Crippen LogP contribution in [0.5, 0.6) is 0 Å². The Morgan fingerprint density at radius 1 is 1.47 bits per heavy atom. The molecule has 1 atom stereocenters. The van der Waals surface area contributed by atoms with Gasteiger partial charge in [0.15, 0.2) is 0 Å². The number of aliphatic hydroxyl groups is 1. The molecule has 6 nitrogen and oxygen atoms in total. The number of aliphatic hydroxyl groups excluding tert-OH is 1. The molecule has 0 rings (SSSR count). The second-order valence-electron chi connectivity index (χ2n) is 3.76. The van der Waals surface area contributed by atoms with E-state index in [1.54, 1.807) is 13.8 Å². The van der Waals surface area contributed by atoms with E-state index in [4.69, 9.17) is 5.11 Å². The lowest BCUT2D eigenvalue weighted by molar-refractivity contribution is -0.142. The summed E-state index contributed by atoms with van der Waals surface area (Å²) in [6.45, 7) is 3.67. The molecule has 7 heteroatoms. The summed E-state index contributed by atoms with van der Waals surface area (Å²) in [5.74, 6) is -0.782. The summed E-state index contributed by atoms with van der Waals surface area (Å²) in [6, 6.07) is -0.241. The Balaban J connectivity index is 3.99. The van der Waals surface area contributed by atoms with E-state index in [1.807, 2.05) is 0 Å². The standard InChI is InChI=1S/C10H21NO5S/c1-3-16-10(13)6-8-17(14,15)11-9(2)5-4-7-12/h9,11-12H,3-8H2,1-2H3. The molecule has 0 bridgehead atoms. The number of ether oxygens (including phenoxy) is 1. The summed E-state index contributed by atoms with van der Waals surface area (Å²) in [6.07, 6.45) is 0.965. The first-order chi connectivity index (χ1) is 7.91. The molecule has 0 aromatic rings. The fourth-order valence-electron chi connectivity index (χ4n) is 1.27. The minimum absolute atomic E-state index is 0.0366. The van der Waals surface area contributed by atoms with Crippen LogP contribution in [0.1, 0.15) is 33.1 Å². The molecule has 0 aliphatic carbocycles. The fraction of sp³-hybridized carbons (Fsp3) is 0.900. The van der Waals surface area contributed by atoms with Crippen LogP contribution in [0.4, 0.5) is 0 Å². The van der Waals surface area contributed by atoms with Crippen molar-refractivity contribution in [2.45, 2.75) is 39.2 Å². The number of nitrogens with one attached hydrogen (secondary N) is 1. The third-order valence-electron chi connectivity index (χ3n) is 2.06. The van der Waals surface area contributed by atoms with E-state index in [-0.39, 0.29) is 31.4 Å². The Kier molecular flexibility index (Phi) is 8.11. The number of hydrogen-bond acceptors (Lipinski definition) is 5. The first-order valence-electron chi connectivity index (χ1n) is 5.67. The van der Waals surface area contributed by atoms with Crippen molar-refractivity contribution in [3.05, 3.63) is 0 Å². The predicted octanol–water partition coefficient (Wildman–Crippen LogP) is 0.0200. The van der Waals surface area contributed by atoms with E-state index in [0.717, 1.165) is 0 Å². The molecule has 17 heavy (non-hydrogen) atoms. The van der Waals surface area contributed by atoms with Gasteiger partial charge in [-0.2, -0.15) is 0 Å². The second-order valence-corrected chi connectivity index (χ2v) is 5.63. The van der Waals surface area contributed by atoms with Crippen molar-refractivity contribution in [2.24, 2.45) is 0 Å². The van der Waals surface area contributed by atoms with E-state index in [0.29, 0.717) is 12.8 Å². The maximum Gasteiger partial charge on any atom is 0.306 e. The highest BCUT2D eigenvalue weighted by Gasteiger charge is 2.16. The quantitative estimate of drug-likeness (QED) is 0.574. The van der Waals surface area contributed by atoms with Gasteiger partial charge in [-0.25, -0.2) is 13.1 Å². The zero-order valence-corrected chi connectivity index (χ0v) is 11.1. The maximum atomic E-state index is 11.5. The Morgan fingerprint density at radius 3 is 2.65 bits per heavy atom. The monoisotopic (exact) mass is 267 g/mol. The number of carbonyl (C=O) groups excluding carboxylic acids is 1. The summed E-state index contributed by atoms with van der Waals surface area (Å²) in [7, 11) is -3.46. The summed E-state index contributed by atoms with van der Waals surface area (Å²) in [5.41, 5.74) is 0. The highest BCUT2D eigenvalue weighted by atomic mass is 32.2. The zero-order valence-electron chi connectivity index (χ0n) is 10.3. The molecule has 0 aliphatic rings. The number of sulfonamides is 1. The third-order valence-corrected chi connectivity index (χ3v) is 3.56. The lowest BCUT2D eigenvalue weighted by atomic mass is 10.2. The summed E-state index contributed by atoms with van der Waals surface area (Å²) in [4.78, 5) is 11.0. The van der Waals surface area contributed by atoms with Crippen LogP contribution in [0.25, 0.3) is 0 Å². The molecule has 0 heterocycles. The Labute approximate surface area is 102 Å². The number of rotatable bonds is 9.